The van der Waals surface area contributed by atoms with Crippen LogP contribution in [0.15, 0.2) is 76.2 Å². The van der Waals surface area contributed by atoms with Crippen LogP contribution in [0.3, 0.4) is 0 Å². The summed E-state index contributed by atoms with van der Waals surface area (Å²) in [6.07, 6.45) is 1.54. The van der Waals surface area contributed by atoms with E-state index in [-0.39, 0.29) is 10.5 Å². The molecule has 0 saturated heterocycles. The number of carbonyl (C=O) groups is 2. The first-order valence-electron chi connectivity index (χ1n) is 8.63. The van der Waals surface area contributed by atoms with E-state index >= 15 is 0 Å². The van der Waals surface area contributed by atoms with Crippen LogP contribution in [0.25, 0.3) is 5.57 Å². The van der Waals surface area contributed by atoms with Gasteiger partial charge in [0, 0.05) is 0 Å². The average molecular weight is 404 g/mol. The van der Waals surface area contributed by atoms with Crippen LogP contribution in [-0.2, 0) is 15.3 Å². The molecule has 1 aliphatic rings. The van der Waals surface area contributed by atoms with E-state index in [1.807, 2.05) is 6.07 Å². The lowest BCUT2D eigenvalue weighted by molar-refractivity contribution is -0.119. The molecule has 1 aliphatic heterocycles. The Morgan fingerprint density at radius 3 is 2.34 bits per heavy atom. The lowest BCUT2D eigenvalue weighted by Gasteiger charge is -2.15. The molecule has 2 heterocycles. The summed E-state index contributed by atoms with van der Waals surface area (Å²) in [7, 11) is 0. The summed E-state index contributed by atoms with van der Waals surface area (Å²) >= 11 is 1.19. The van der Waals surface area contributed by atoms with Gasteiger partial charge in [-0.15, -0.1) is 11.8 Å². The zero-order valence-electron chi connectivity index (χ0n) is 15.0. The van der Waals surface area contributed by atoms with E-state index in [4.69, 9.17) is 9.68 Å². The molecule has 5 nitrogen and oxygen atoms in total. The van der Waals surface area contributed by atoms with Gasteiger partial charge in [0.05, 0.1) is 39.8 Å². The molecule has 4 rings (SSSR count). The van der Waals surface area contributed by atoms with Crippen molar-refractivity contribution < 1.29 is 18.4 Å². The molecule has 0 bridgehead atoms. The van der Waals surface area contributed by atoms with Crippen molar-refractivity contribution in [1.82, 2.24) is 0 Å². The molecule has 7 heteroatoms. The Morgan fingerprint density at radius 2 is 1.72 bits per heavy atom. The van der Waals surface area contributed by atoms with Crippen LogP contribution >= 0.6 is 11.8 Å². The number of carbonyl (C=O) groups excluding carboxylic acids is 2. The van der Waals surface area contributed by atoms with Gasteiger partial charge in [0.25, 0.3) is 11.8 Å². The summed E-state index contributed by atoms with van der Waals surface area (Å²) in [5, 5.41) is 8.96. The third kappa shape index (κ3) is 3.58. The Hall–Kier alpha value is -3.63. The highest BCUT2D eigenvalue weighted by Crippen LogP contribution is 2.39. The van der Waals surface area contributed by atoms with Gasteiger partial charge in [0.15, 0.2) is 0 Å². The first-order valence-corrected chi connectivity index (χ1v) is 9.61. The molecule has 29 heavy (non-hydrogen) atoms. The predicted molar refractivity (Wildman–Crippen MR) is 107 cm³/mol. The number of nitrogens with zero attached hydrogens (tertiary/aromatic N) is 2. The molecule has 0 aliphatic carbocycles. The highest BCUT2D eigenvalue weighted by molar-refractivity contribution is 8.03. The van der Waals surface area contributed by atoms with Crippen molar-refractivity contribution in [3.63, 3.8) is 0 Å². The van der Waals surface area contributed by atoms with Crippen LogP contribution < -0.4 is 4.90 Å². The molecule has 142 valence electrons. The number of nitriles is 1. The summed E-state index contributed by atoms with van der Waals surface area (Å²) < 4.78 is 18.7. The van der Waals surface area contributed by atoms with E-state index in [9.17, 15) is 14.0 Å². The first-order chi connectivity index (χ1) is 14.1. The molecule has 0 N–H and O–H groups in total. The van der Waals surface area contributed by atoms with Crippen LogP contribution in [-0.4, -0.2) is 11.8 Å². The van der Waals surface area contributed by atoms with E-state index < -0.39 is 17.6 Å². The van der Waals surface area contributed by atoms with E-state index in [0.717, 1.165) is 4.90 Å². The number of furan rings is 1. The minimum atomic E-state index is -0.492. The first kappa shape index (κ1) is 18.7. The third-order valence-electron chi connectivity index (χ3n) is 4.37. The molecule has 0 atom stereocenters. The fraction of sp³-hybridized carbons (Fsp3) is 0.0455. The number of amides is 2. The Bertz CT molecular complexity index is 1140. The highest BCUT2D eigenvalue weighted by Gasteiger charge is 2.40. The predicted octanol–water partition coefficient (Wildman–Crippen LogP) is 4.51. The van der Waals surface area contributed by atoms with Gasteiger partial charge < -0.3 is 4.42 Å². The van der Waals surface area contributed by atoms with Gasteiger partial charge in [-0.1, -0.05) is 12.1 Å². The molecule has 0 radical (unpaired) electrons. The molecule has 3 aromatic rings. The maximum Gasteiger partial charge on any atom is 0.272 e. The molecule has 0 spiro atoms. The molecular weight excluding hydrogens is 391 g/mol. The van der Waals surface area contributed by atoms with E-state index in [1.54, 1.807) is 36.4 Å². The topological polar surface area (TPSA) is 74.3 Å². The van der Waals surface area contributed by atoms with Crippen LogP contribution in [0.4, 0.5) is 10.1 Å². The Kier molecular flexibility index (Phi) is 5.02. The van der Waals surface area contributed by atoms with Crippen molar-refractivity contribution in [2.75, 3.05) is 4.90 Å². The number of anilines is 1. The molecule has 1 aromatic heterocycles. The number of hydrogen-bond donors (Lipinski definition) is 0. The summed E-state index contributed by atoms with van der Waals surface area (Å²) in [6, 6.07) is 17.2. The number of benzene rings is 2. The summed E-state index contributed by atoms with van der Waals surface area (Å²) in [4.78, 5) is 27.7. The molecular formula is C22H13FN2O3S. The maximum absolute atomic E-state index is 13.4. The lowest BCUT2D eigenvalue weighted by Crippen LogP contribution is -2.31. The van der Waals surface area contributed by atoms with Gasteiger partial charge in [0.2, 0.25) is 0 Å². The molecule has 0 unspecified atom stereocenters. The Labute approximate surface area is 170 Å². The van der Waals surface area contributed by atoms with Gasteiger partial charge in [-0.05, 0) is 54.1 Å². The lowest BCUT2D eigenvalue weighted by atomic mass is 10.1. The summed E-state index contributed by atoms with van der Waals surface area (Å²) in [5.74, 6) is -0.352. The summed E-state index contributed by atoms with van der Waals surface area (Å²) in [6.45, 7) is 0. The van der Waals surface area contributed by atoms with Crippen LogP contribution in [0.5, 0.6) is 0 Å². The van der Waals surface area contributed by atoms with Gasteiger partial charge in [-0.2, -0.15) is 5.26 Å². The minimum absolute atomic E-state index is 0.218. The van der Waals surface area contributed by atoms with Crippen molar-refractivity contribution >= 4 is 34.8 Å². The van der Waals surface area contributed by atoms with Crippen molar-refractivity contribution in [3.05, 3.63) is 94.5 Å². The van der Waals surface area contributed by atoms with Crippen molar-refractivity contribution in [2.45, 2.75) is 5.75 Å². The van der Waals surface area contributed by atoms with Crippen molar-refractivity contribution in [3.8, 4) is 6.07 Å². The van der Waals surface area contributed by atoms with Crippen molar-refractivity contribution in [1.29, 1.82) is 5.26 Å². The smallest absolute Gasteiger partial charge is 0.272 e. The number of hydrogen-bond acceptors (Lipinski definition) is 5. The van der Waals surface area contributed by atoms with Gasteiger partial charge in [-0.25, -0.2) is 9.29 Å². The fourth-order valence-electron chi connectivity index (χ4n) is 2.97. The van der Waals surface area contributed by atoms with Gasteiger partial charge >= 0.3 is 0 Å². The number of rotatable bonds is 5. The van der Waals surface area contributed by atoms with E-state index in [0.29, 0.717) is 28.3 Å². The normalized spacial score (nSPS) is 13.9. The third-order valence-corrected chi connectivity index (χ3v) is 5.46. The fourth-order valence-corrected chi connectivity index (χ4v) is 3.99. The second kappa shape index (κ2) is 7.78. The average Bonchev–Trinajstić information content (AvgIpc) is 3.34. The second-order valence-electron chi connectivity index (χ2n) is 6.18. The van der Waals surface area contributed by atoms with Crippen molar-refractivity contribution in [2.24, 2.45) is 0 Å². The van der Waals surface area contributed by atoms with Crippen LogP contribution in [0.1, 0.15) is 16.9 Å². The standard InChI is InChI=1S/C22H13FN2O3S/c23-16-7-5-15(6-8-16)19-20(29-13-18-2-1-11-28-18)22(27)25(21(19)26)17-9-3-14(12-24)4-10-17/h1-11H,13H2. The van der Waals surface area contributed by atoms with Crippen LogP contribution in [0, 0.1) is 17.1 Å². The zero-order valence-corrected chi connectivity index (χ0v) is 15.8. The molecule has 0 fully saturated rings. The Balaban J connectivity index is 1.74. The molecule has 2 amide bonds. The Morgan fingerprint density at radius 1 is 1.00 bits per heavy atom. The highest BCUT2D eigenvalue weighted by atomic mass is 32.2. The SMILES string of the molecule is N#Cc1ccc(N2C(=O)C(SCc3ccco3)=C(c3ccc(F)cc3)C2=O)cc1. The second-order valence-corrected chi connectivity index (χ2v) is 7.17. The zero-order chi connectivity index (χ0) is 20.4. The van der Waals surface area contributed by atoms with Gasteiger partial charge in [-0.3, -0.25) is 9.59 Å². The van der Waals surface area contributed by atoms with Crippen LogP contribution in [0.2, 0.25) is 0 Å². The molecule has 2 aromatic carbocycles. The number of imide groups is 1. The van der Waals surface area contributed by atoms with E-state index in [1.165, 1.54) is 42.3 Å². The molecule has 0 saturated carbocycles. The minimum Gasteiger partial charge on any atom is -0.468 e. The quantitative estimate of drug-likeness (QED) is 0.585. The number of halogens is 1. The largest absolute Gasteiger partial charge is 0.468 e. The maximum atomic E-state index is 13.4. The monoisotopic (exact) mass is 404 g/mol. The van der Waals surface area contributed by atoms with Gasteiger partial charge in [0.1, 0.15) is 11.6 Å². The van der Waals surface area contributed by atoms with E-state index in [2.05, 4.69) is 0 Å². The summed E-state index contributed by atoms with van der Waals surface area (Å²) in [5.41, 5.74) is 1.47. The number of thioether (sulfide) groups is 1.